The fourth-order valence-corrected chi connectivity index (χ4v) is 2.23. The van der Waals surface area contributed by atoms with Crippen LogP contribution < -0.4 is 0 Å². The number of nitrogens with zero attached hydrogens (tertiary/aromatic N) is 4. The minimum atomic E-state index is -0.630. The topological polar surface area (TPSA) is 91.0 Å². The van der Waals surface area contributed by atoms with Crippen molar-refractivity contribution in [3.8, 4) is 0 Å². The highest BCUT2D eigenvalue weighted by Gasteiger charge is 2.17. The Morgan fingerprint density at radius 3 is 3.11 bits per heavy atom. The monoisotopic (exact) mass is 378 g/mol. The molecule has 18 heavy (non-hydrogen) atoms. The lowest BCUT2D eigenvalue weighted by Gasteiger charge is -1.97. The summed E-state index contributed by atoms with van der Waals surface area (Å²) in [7, 11) is 0. The van der Waals surface area contributed by atoms with Gasteiger partial charge in [0.2, 0.25) is 0 Å². The Bertz CT molecular complexity index is 562. The van der Waals surface area contributed by atoms with Gasteiger partial charge in [0.15, 0.2) is 0 Å². The van der Waals surface area contributed by atoms with Crippen molar-refractivity contribution in [3.05, 3.63) is 22.0 Å². The van der Waals surface area contributed by atoms with Gasteiger partial charge in [-0.2, -0.15) is 0 Å². The number of halogens is 1. The van der Waals surface area contributed by atoms with E-state index in [4.69, 9.17) is 9.15 Å². The minimum absolute atomic E-state index is 0.164. The number of aromatic nitrogens is 4. The smallest absolute Gasteiger partial charge is 0.396 e. The predicted octanol–water partition coefficient (Wildman–Crippen LogP) is 1.79. The van der Waals surface area contributed by atoms with Crippen LogP contribution in [-0.2, 0) is 4.74 Å². The molecule has 0 N–H and O–H groups in total. The lowest BCUT2D eigenvalue weighted by Crippen LogP contribution is -2.04. The lowest BCUT2D eigenvalue weighted by atomic mass is 10.7. The third-order valence-corrected chi connectivity index (χ3v) is 3.69. The first kappa shape index (κ1) is 13.2. The van der Waals surface area contributed by atoms with Gasteiger partial charge in [-0.25, -0.2) is 14.8 Å². The number of ether oxygens (including phenoxy) is 1. The first-order valence-corrected chi connectivity index (χ1v) is 6.74. The molecular weight excluding hydrogens is 371 g/mol. The molecule has 0 saturated heterocycles. The maximum Gasteiger partial charge on any atom is 0.396 e. The quantitative estimate of drug-likeness (QED) is 0.452. The van der Waals surface area contributed by atoms with Crippen molar-refractivity contribution in [1.82, 2.24) is 20.2 Å². The average Bonchev–Trinajstić information content (AvgIpc) is 2.81. The molecule has 2 heterocycles. The van der Waals surface area contributed by atoms with Gasteiger partial charge in [-0.1, -0.05) is 5.10 Å². The minimum Gasteiger partial charge on any atom is -0.459 e. The molecule has 0 amide bonds. The standard InChI is InChI=1S/C9H7IN4O3S/c1-2-16-8(15)6-13-14-9(17-6)18-7-5(10)3-11-4-12-7/h3-4H,2H2,1H3. The molecule has 0 spiro atoms. The molecule has 0 radical (unpaired) electrons. The molecule has 7 nitrogen and oxygen atoms in total. The number of hydrogen-bond acceptors (Lipinski definition) is 8. The van der Waals surface area contributed by atoms with E-state index in [2.05, 4.69) is 42.8 Å². The van der Waals surface area contributed by atoms with Gasteiger partial charge in [0.1, 0.15) is 11.4 Å². The molecule has 2 rings (SSSR count). The van der Waals surface area contributed by atoms with Crippen LogP contribution in [0.3, 0.4) is 0 Å². The van der Waals surface area contributed by atoms with E-state index in [9.17, 15) is 4.79 Å². The van der Waals surface area contributed by atoms with Crippen molar-refractivity contribution in [2.75, 3.05) is 6.61 Å². The molecule has 0 atom stereocenters. The number of rotatable bonds is 4. The summed E-state index contributed by atoms with van der Waals surface area (Å²) in [5.74, 6) is -0.794. The van der Waals surface area contributed by atoms with Crippen LogP contribution in [0.4, 0.5) is 0 Å². The number of carbonyl (C=O) groups is 1. The van der Waals surface area contributed by atoms with Crippen molar-refractivity contribution >= 4 is 40.3 Å². The summed E-state index contributed by atoms with van der Waals surface area (Å²) in [5, 5.41) is 8.26. The summed E-state index contributed by atoms with van der Waals surface area (Å²) in [6.45, 7) is 1.96. The van der Waals surface area contributed by atoms with E-state index in [0.29, 0.717) is 5.03 Å². The van der Waals surface area contributed by atoms with Crippen LogP contribution in [0.2, 0.25) is 0 Å². The summed E-state index contributed by atoms with van der Waals surface area (Å²) in [6, 6.07) is 0. The maximum atomic E-state index is 11.3. The molecule has 9 heteroatoms. The molecule has 0 saturated carbocycles. The predicted molar refractivity (Wildman–Crippen MR) is 69.1 cm³/mol. The average molecular weight is 378 g/mol. The third kappa shape index (κ3) is 3.16. The molecule has 0 aliphatic heterocycles. The molecule has 2 aromatic heterocycles. The third-order valence-electron chi connectivity index (χ3n) is 1.67. The highest BCUT2D eigenvalue weighted by atomic mass is 127. The number of carbonyl (C=O) groups excluding carboxylic acids is 1. The Morgan fingerprint density at radius 1 is 1.56 bits per heavy atom. The highest BCUT2D eigenvalue weighted by molar-refractivity contribution is 14.1. The van der Waals surface area contributed by atoms with Gasteiger partial charge in [-0.05, 0) is 41.3 Å². The van der Waals surface area contributed by atoms with Crippen LogP contribution in [0.1, 0.15) is 17.6 Å². The normalized spacial score (nSPS) is 10.3. The fourth-order valence-electron chi connectivity index (χ4n) is 0.986. The van der Waals surface area contributed by atoms with Crippen molar-refractivity contribution < 1.29 is 13.9 Å². The van der Waals surface area contributed by atoms with E-state index in [0.717, 1.165) is 15.3 Å². The molecular formula is C9H7IN4O3S. The Balaban J connectivity index is 2.12. The number of hydrogen-bond donors (Lipinski definition) is 0. The molecule has 0 fully saturated rings. The summed E-state index contributed by atoms with van der Waals surface area (Å²) >= 11 is 3.26. The molecule has 0 aliphatic rings. The Labute approximate surface area is 120 Å². The van der Waals surface area contributed by atoms with Gasteiger partial charge < -0.3 is 9.15 Å². The Morgan fingerprint density at radius 2 is 2.39 bits per heavy atom. The zero-order valence-electron chi connectivity index (χ0n) is 9.16. The molecule has 94 valence electrons. The van der Waals surface area contributed by atoms with Crippen molar-refractivity contribution in [2.45, 2.75) is 17.2 Å². The van der Waals surface area contributed by atoms with Crippen LogP contribution in [-0.4, -0.2) is 32.7 Å². The van der Waals surface area contributed by atoms with Crippen molar-refractivity contribution in [1.29, 1.82) is 0 Å². The molecule has 0 aliphatic carbocycles. The summed E-state index contributed by atoms with van der Waals surface area (Å²) in [6.07, 6.45) is 3.09. The van der Waals surface area contributed by atoms with E-state index >= 15 is 0 Å². The van der Waals surface area contributed by atoms with Crippen LogP contribution in [0.5, 0.6) is 0 Å². The van der Waals surface area contributed by atoms with Crippen LogP contribution in [0, 0.1) is 3.57 Å². The zero-order chi connectivity index (χ0) is 13.0. The van der Waals surface area contributed by atoms with Gasteiger partial charge in [0.05, 0.1) is 10.2 Å². The van der Waals surface area contributed by atoms with Crippen molar-refractivity contribution in [2.24, 2.45) is 0 Å². The van der Waals surface area contributed by atoms with E-state index < -0.39 is 5.97 Å². The van der Waals surface area contributed by atoms with Crippen LogP contribution in [0.15, 0.2) is 27.2 Å². The first-order valence-electron chi connectivity index (χ1n) is 4.84. The summed E-state index contributed by atoms with van der Waals surface area (Å²) < 4.78 is 10.8. The molecule has 2 aromatic rings. The highest BCUT2D eigenvalue weighted by Crippen LogP contribution is 2.27. The second-order valence-electron chi connectivity index (χ2n) is 2.87. The summed E-state index contributed by atoms with van der Waals surface area (Å²) in [4.78, 5) is 19.3. The van der Waals surface area contributed by atoms with Gasteiger partial charge >= 0.3 is 11.9 Å². The van der Waals surface area contributed by atoms with E-state index in [1.165, 1.54) is 6.33 Å². The maximum absolute atomic E-state index is 11.3. The second-order valence-corrected chi connectivity index (χ2v) is 4.97. The van der Waals surface area contributed by atoms with Gasteiger partial charge in [0.25, 0.3) is 5.22 Å². The largest absolute Gasteiger partial charge is 0.459 e. The Hall–Kier alpha value is -1.23. The summed E-state index contributed by atoms with van der Waals surface area (Å²) in [5.41, 5.74) is 0. The van der Waals surface area contributed by atoms with E-state index in [1.807, 2.05) is 0 Å². The van der Waals surface area contributed by atoms with Gasteiger partial charge in [0, 0.05) is 6.20 Å². The van der Waals surface area contributed by atoms with E-state index in [1.54, 1.807) is 13.1 Å². The fraction of sp³-hybridized carbons (Fsp3) is 0.222. The van der Waals surface area contributed by atoms with Crippen LogP contribution in [0.25, 0.3) is 0 Å². The zero-order valence-corrected chi connectivity index (χ0v) is 12.1. The molecule has 0 bridgehead atoms. The van der Waals surface area contributed by atoms with E-state index in [-0.39, 0.29) is 17.7 Å². The van der Waals surface area contributed by atoms with Gasteiger partial charge in [-0.3, -0.25) is 0 Å². The Kier molecular flexibility index (Phi) is 4.47. The van der Waals surface area contributed by atoms with Crippen LogP contribution >= 0.6 is 34.4 Å². The number of esters is 1. The SMILES string of the molecule is CCOC(=O)c1nnc(Sc2ncncc2I)o1. The van der Waals surface area contributed by atoms with Gasteiger partial charge in [-0.15, -0.1) is 5.10 Å². The molecule has 0 unspecified atom stereocenters. The second kappa shape index (κ2) is 6.09. The van der Waals surface area contributed by atoms with Crippen molar-refractivity contribution in [3.63, 3.8) is 0 Å². The molecule has 0 aromatic carbocycles. The lowest BCUT2D eigenvalue weighted by molar-refractivity contribution is 0.0475. The first-order chi connectivity index (χ1) is 8.70.